The fraction of sp³-hybridized carbons (Fsp3) is 0.286. The molecule has 0 spiro atoms. The number of hydrogen-bond donors (Lipinski definition) is 0. The summed E-state index contributed by atoms with van der Waals surface area (Å²) < 4.78 is 37.7. The van der Waals surface area contributed by atoms with Gasteiger partial charge in [0.2, 0.25) is 0 Å². The molecule has 0 saturated heterocycles. The van der Waals surface area contributed by atoms with Crippen LogP contribution in [-0.4, -0.2) is 11.8 Å². The normalized spacial score (nSPS) is 11.0. The van der Waals surface area contributed by atoms with Crippen LogP contribution >= 0.6 is 0 Å². The van der Waals surface area contributed by atoms with E-state index in [4.69, 9.17) is 9.26 Å². The fourth-order valence-electron chi connectivity index (χ4n) is 2.98. The van der Waals surface area contributed by atoms with E-state index in [1.165, 1.54) is 6.07 Å². The van der Waals surface area contributed by atoms with Crippen molar-refractivity contribution in [3.05, 3.63) is 70.6 Å². The van der Waals surface area contributed by atoms with Gasteiger partial charge in [-0.3, -0.25) is 0 Å². The highest BCUT2D eigenvalue weighted by Crippen LogP contribution is 2.31. The second-order valence-electron chi connectivity index (χ2n) is 6.45. The number of aromatic nitrogens is 1. The number of ether oxygens (including phenoxy) is 1. The lowest BCUT2D eigenvalue weighted by Gasteiger charge is -2.14. The average Bonchev–Trinajstić information content (AvgIpc) is 3.01. The predicted molar refractivity (Wildman–Crippen MR) is 96.3 cm³/mol. The summed E-state index contributed by atoms with van der Waals surface area (Å²) >= 11 is 0. The van der Waals surface area contributed by atoms with Crippen LogP contribution in [0, 0.1) is 32.4 Å². The predicted octanol–water partition coefficient (Wildman–Crippen LogP) is 5.56. The summed E-state index contributed by atoms with van der Waals surface area (Å²) in [5, 5.41) is 3.87. The third kappa shape index (κ3) is 4.10. The van der Waals surface area contributed by atoms with Gasteiger partial charge in [-0.05, 0) is 73.7 Å². The molecule has 1 heterocycles. The first-order chi connectivity index (χ1) is 12.4. The van der Waals surface area contributed by atoms with E-state index in [2.05, 4.69) is 5.16 Å². The molecule has 0 bridgehead atoms. The summed E-state index contributed by atoms with van der Waals surface area (Å²) in [6, 6.07) is 9.71. The van der Waals surface area contributed by atoms with Gasteiger partial charge in [0.1, 0.15) is 11.5 Å². The van der Waals surface area contributed by atoms with Gasteiger partial charge in [-0.25, -0.2) is 8.78 Å². The molecule has 0 amide bonds. The summed E-state index contributed by atoms with van der Waals surface area (Å²) in [4.78, 5) is 0. The van der Waals surface area contributed by atoms with E-state index in [0.717, 1.165) is 52.8 Å². The van der Waals surface area contributed by atoms with Crippen molar-refractivity contribution in [1.82, 2.24) is 5.16 Å². The highest BCUT2D eigenvalue weighted by Gasteiger charge is 2.10. The van der Waals surface area contributed by atoms with E-state index in [0.29, 0.717) is 12.2 Å². The van der Waals surface area contributed by atoms with E-state index >= 15 is 0 Å². The van der Waals surface area contributed by atoms with Crippen molar-refractivity contribution in [2.45, 2.75) is 33.6 Å². The van der Waals surface area contributed by atoms with Gasteiger partial charge in [-0.1, -0.05) is 11.2 Å². The molecule has 1 aromatic heterocycles. The lowest BCUT2D eigenvalue weighted by atomic mass is 9.99. The van der Waals surface area contributed by atoms with Gasteiger partial charge < -0.3 is 9.26 Å². The van der Waals surface area contributed by atoms with Crippen LogP contribution in [0.15, 0.2) is 40.9 Å². The Balaban J connectivity index is 1.67. The Morgan fingerprint density at radius 2 is 1.65 bits per heavy atom. The quantitative estimate of drug-likeness (QED) is 0.542. The van der Waals surface area contributed by atoms with Crippen molar-refractivity contribution < 1.29 is 18.0 Å². The molecule has 2 aromatic carbocycles. The molecular weight excluding hydrogens is 336 g/mol. The Morgan fingerprint density at radius 3 is 2.27 bits per heavy atom. The van der Waals surface area contributed by atoms with Crippen molar-refractivity contribution in [3.63, 3.8) is 0 Å². The number of aryl methyl sites for hydroxylation is 4. The first kappa shape index (κ1) is 18.1. The van der Waals surface area contributed by atoms with Crippen LogP contribution in [0.3, 0.4) is 0 Å². The summed E-state index contributed by atoms with van der Waals surface area (Å²) in [6.45, 7) is 6.35. The zero-order chi connectivity index (χ0) is 18.7. The minimum absolute atomic E-state index is 0.561. The van der Waals surface area contributed by atoms with Gasteiger partial charge in [0.05, 0.1) is 12.3 Å². The SMILES string of the molecule is Cc1cc(CCCOc2c(C)cc(-c3ccc(F)c(F)c3)cc2C)on1. The molecule has 0 atom stereocenters. The first-order valence-electron chi connectivity index (χ1n) is 8.55. The molecule has 0 aliphatic carbocycles. The Labute approximate surface area is 151 Å². The summed E-state index contributed by atoms with van der Waals surface area (Å²) in [5.41, 5.74) is 4.27. The van der Waals surface area contributed by atoms with Gasteiger partial charge in [-0.2, -0.15) is 0 Å². The van der Waals surface area contributed by atoms with Crippen LogP contribution in [-0.2, 0) is 6.42 Å². The maximum Gasteiger partial charge on any atom is 0.159 e. The highest BCUT2D eigenvalue weighted by molar-refractivity contribution is 5.67. The Bertz CT molecular complexity index is 895. The molecule has 0 aliphatic heterocycles. The first-order valence-corrected chi connectivity index (χ1v) is 8.55. The minimum atomic E-state index is -0.846. The number of halogens is 2. The monoisotopic (exact) mass is 357 g/mol. The zero-order valence-corrected chi connectivity index (χ0v) is 15.1. The molecule has 5 heteroatoms. The molecule has 0 aliphatic rings. The molecule has 0 radical (unpaired) electrons. The van der Waals surface area contributed by atoms with Crippen LogP contribution in [0.25, 0.3) is 11.1 Å². The zero-order valence-electron chi connectivity index (χ0n) is 15.1. The standard InChI is InChI=1S/C21H21F2NO2/c1-13-9-17(16-6-7-19(22)20(23)12-16)10-14(2)21(13)25-8-4-5-18-11-15(3)24-26-18/h6-7,9-12H,4-5,8H2,1-3H3. The van der Waals surface area contributed by atoms with Gasteiger partial charge in [0, 0.05) is 12.5 Å². The van der Waals surface area contributed by atoms with Crippen molar-refractivity contribution in [3.8, 4) is 16.9 Å². The fourth-order valence-corrected chi connectivity index (χ4v) is 2.98. The largest absolute Gasteiger partial charge is 0.493 e. The van der Waals surface area contributed by atoms with E-state index < -0.39 is 11.6 Å². The number of rotatable bonds is 6. The van der Waals surface area contributed by atoms with Crippen molar-refractivity contribution >= 4 is 0 Å². The molecular formula is C21H21F2NO2. The molecule has 0 saturated carbocycles. The molecule has 26 heavy (non-hydrogen) atoms. The summed E-state index contributed by atoms with van der Waals surface area (Å²) in [6.07, 6.45) is 1.59. The Hall–Kier alpha value is -2.69. The second kappa shape index (κ2) is 7.68. The molecule has 3 aromatic rings. The van der Waals surface area contributed by atoms with Gasteiger partial charge in [-0.15, -0.1) is 0 Å². The maximum atomic E-state index is 13.5. The summed E-state index contributed by atoms with van der Waals surface area (Å²) in [5.74, 6) is -0.0109. The lowest BCUT2D eigenvalue weighted by Crippen LogP contribution is -2.02. The van der Waals surface area contributed by atoms with Crippen LogP contribution in [0.2, 0.25) is 0 Å². The smallest absolute Gasteiger partial charge is 0.159 e. The topological polar surface area (TPSA) is 35.3 Å². The Morgan fingerprint density at radius 1 is 0.923 bits per heavy atom. The lowest BCUT2D eigenvalue weighted by molar-refractivity contribution is 0.296. The van der Waals surface area contributed by atoms with E-state index in [-0.39, 0.29) is 0 Å². The molecule has 0 unspecified atom stereocenters. The molecule has 136 valence electrons. The second-order valence-corrected chi connectivity index (χ2v) is 6.45. The highest BCUT2D eigenvalue weighted by atomic mass is 19.2. The number of nitrogens with zero attached hydrogens (tertiary/aromatic N) is 1. The van der Waals surface area contributed by atoms with Crippen LogP contribution in [0.5, 0.6) is 5.75 Å². The maximum absolute atomic E-state index is 13.5. The van der Waals surface area contributed by atoms with Crippen LogP contribution in [0.1, 0.15) is 29.0 Å². The minimum Gasteiger partial charge on any atom is -0.493 e. The average molecular weight is 357 g/mol. The van der Waals surface area contributed by atoms with Crippen LogP contribution in [0.4, 0.5) is 8.78 Å². The van der Waals surface area contributed by atoms with E-state index in [1.54, 1.807) is 6.07 Å². The molecule has 0 fully saturated rings. The third-order valence-corrected chi connectivity index (χ3v) is 4.20. The molecule has 3 rings (SSSR count). The Kier molecular flexibility index (Phi) is 5.35. The molecule has 0 N–H and O–H groups in total. The summed E-state index contributed by atoms with van der Waals surface area (Å²) in [7, 11) is 0. The van der Waals surface area contributed by atoms with Crippen molar-refractivity contribution in [2.24, 2.45) is 0 Å². The van der Waals surface area contributed by atoms with Crippen molar-refractivity contribution in [2.75, 3.05) is 6.61 Å². The molecule has 3 nitrogen and oxygen atoms in total. The third-order valence-electron chi connectivity index (χ3n) is 4.20. The van der Waals surface area contributed by atoms with Gasteiger partial charge in [0.25, 0.3) is 0 Å². The van der Waals surface area contributed by atoms with Gasteiger partial charge in [0.15, 0.2) is 11.6 Å². The van der Waals surface area contributed by atoms with Crippen LogP contribution < -0.4 is 4.74 Å². The van der Waals surface area contributed by atoms with Gasteiger partial charge >= 0.3 is 0 Å². The number of hydrogen-bond acceptors (Lipinski definition) is 3. The number of benzene rings is 2. The van der Waals surface area contributed by atoms with E-state index in [1.807, 2.05) is 39.0 Å². The van der Waals surface area contributed by atoms with Crippen molar-refractivity contribution in [1.29, 1.82) is 0 Å². The van der Waals surface area contributed by atoms with E-state index in [9.17, 15) is 8.78 Å².